The van der Waals surface area contributed by atoms with E-state index in [-0.39, 0.29) is 18.0 Å². The van der Waals surface area contributed by atoms with Gasteiger partial charge in [0.05, 0.1) is 0 Å². The Labute approximate surface area is 53.8 Å². The van der Waals surface area contributed by atoms with E-state index in [1.165, 1.54) is 0 Å². The molecule has 0 rings (SSSR count). The maximum atomic E-state index is 9.25. The number of hydrogen-bond acceptors (Lipinski definition) is 1. The van der Waals surface area contributed by atoms with Crippen LogP contribution in [0.25, 0.3) is 0 Å². The van der Waals surface area contributed by atoms with Crippen molar-refractivity contribution >= 4 is 41.9 Å². The predicted molar refractivity (Wildman–Crippen MR) is 25.6 cm³/mol. The van der Waals surface area contributed by atoms with Gasteiger partial charge in [0.2, 0.25) is 0 Å². The first-order valence-electron chi connectivity index (χ1n) is 0.783. The maximum absolute atomic E-state index is 9.25. The van der Waals surface area contributed by atoms with Gasteiger partial charge in [-0.1, -0.05) is 0 Å². The molecular weight excluding hydrogens is 230 g/mol. The Hall–Kier alpha value is 1.19. The third-order valence-corrected chi connectivity index (χ3v) is 0. The summed E-state index contributed by atoms with van der Waals surface area (Å²) in [6.07, 6.45) is 0. The van der Waals surface area contributed by atoms with Crippen LogP contribution < -0.4 is 0 Å². The first-order chi connectivity index (χ1) is 2.00. The predicted octanol–water partition coefficient (Wildman–Crippen LogP) is -1.61. The van der Waals surface area contributed by atoms with Crippen molar-refractivity contribution in [2.75, 3.05) is 0 Å². The van der Waals surface area contributed by atoms with E-state index in [9.17, 15) is 3.74 Å². The fourth-order valence-corrected chi connectivity index (χ4v) is 0. The van der Waals surface area contributed by atoms with Gasteiger partial charge in [-0.2, -0.15) is 0 Å². The van der Waals surface area contributed by atoms with Crippen LogP contribution in [0, 0.1) is 0 Å². The molecule has 0 unspecified atom stereocenters. The Morgan fingerprint density at radius 2 is 1.50 bits per heavy atom. The molecule has 0 aliphatic rings. The Balaban J connectivity index is 0. The van der Waals surface area contributed by atoms with Crippen LogP contribution >= 0.6 is 10.9 Å². The molecule has 0 aromatic heterocycles. The van der Waals surface area contributed by atoms with E-state index in [2.05, 4.69) is 10.9 Å². The van der Waals surface area contributed by atoms with Gasteiger partial charge in [-0.3, -0.25) is 0 Å². The van der Waals surface area contributed by atoms with Gasteiger partial charge in [0.15, 0.2) is 0 Å². The summed E-state index contributed by atoms with van der Waals surface area (Å²) in [7, 11) is 2.85. The van der Waals surface area contributed by atoms with E-state index in [4.69, 9.17) is 8.19 Å². The summed E-state index contributed by atoms with van der Waals surface area (Å²) in [6, 6.07) is 0. The number of hydrogen-bond donors (Lipinski definition) is 3. The summed E-state index contributed by atoms with van der Waals surface area (Å²) in [5.41, 5.74) is 0. The zero-order valence-electron chi connectivity index (χ0n) is 2.64. The van der Waals surface area contributed by atoms with Crippen LogP contribution in [0.2, 0.25) is 0 Å². The third-order valence-electron chi connectivity index (χ3n) is 0. The molecule has 0 saturated heterocycles. The van der Waals surface area contributed by atoms with Crippen LogP contribution in [0.5, 0.6) is 0 Å². The Kier molecular flexibility index (Phi) is 5.49. The molecule has 6 heavy (non-hydrogen) atoms. The normalized spacial score (nSPS) is 9.83. The van der Waals surface area contributed by atoms with Gasteiger partial charge in [-0.05, 0) is 0 Å². The molecular formula is H3As2O3S. The van der Waals surface area contributed by atoms with E-state index in [0.29, 0.717) is 0 Å². The van der Waals surface area contributed by atoms with Crippen LogP contribution in [-0.4, -0.2) is 39.2 Å². The van der Waals surface area contributed by atoms with Crippen molar-refractivity contribution in [3.63, 3.8) is 0 Å². The summed E-state index contributed by atoms with van der Waals surface area (Å²) < 4.78 is 24.4. The molecule has 0 aromatic carbocycles. The first-order valence-corrected chi connectivity index (χ1v) is 6.14. The molecule has 0 aromatic rings. The van der Waals surface area contributed by atoms with Crippen LogP contribution in [-0.2, 0) is 3.74 Å². The minimum absolute atomic E-state index is 0. The summed E-state index contributed by atoms with van der Waals surface area (Å²) in [4.78, 5) is 0. The second-order valence-electron chi connectivity index (χ2n) is 0.513. The minimum atomic E-state index is -4.43. The van der Waals surface area contributed by atoms with Crippen molar-refractivity contribution in [3.8, 4) is 0 Å². The van der Waals surface area contributed by atoms with E-state index in [1.807, 2.05) is 0 Å². The van der Waals surface area contributed by atoms with Gasteiger partial charge >= 0.3 is 35.8 Å². The second kappa shape index (κ2) is 3.22. The zero-order valence-corrected chi connectivity index (χ0v) is 7.29. The molecule has 0 aliphatic heterocycles. The van der Waals surface area contributed by atoms with Crippen molar-refractivity contribution in [2.24, 2.45) is 0 Å². The van der Waals surface area contributed by atoms with Crippen LogP contribution in [0.1, 0.15) is 0 Å². The van der Waals surface area contributed by atoms with Crippen molar-refractivity contribution in [2.45, 2.75) is 0 Å². The Bertz CT molecular complexity index is 54.9. The molecule has 0 fully saturated rings. The smallest absolute Gasteiger partial charge is 0 e. The van der Waals surface area contributed by atoms with E-state index in [1.54, 1.807) is 0 Å². The summed E-state index contributed by atoms with van der Waals surface area (Å²) >= 11 is -4.43. The largest absolute Gasteiger partial charge is 0 e. The molecule has 3 radical (unpaired) electrons. The molecule has 0 atom stereocenters. The fourth-order valence-electron chi connectivity index (χ4n) is 0. The summed E-state index contributed by atoms with van der Waals surface area (Å²) in [6.45, 7) is 0. The molecule has 2 N–H and O–H groups in total. The second-order valence-corrected chi connectivity index (χ2v) is 5.37. The van der Waals surface area contributed by atoms with Crippen molar-refractivity contribution < 1.29 is 11.9 Å². The van der Waals surface area contributed by atoms with Crippen LogP contribution in [0.3, 0.4) is 0 Å². The monoisotopic (exact) mass is 233 g/mol. The minimum Gasteiger partial charge on any atom is 0 e. The molecule has 0 amide bonds. The molecule has 0 heterocycles. The van der Waals surface area contributed by atoms with Crippen molar-refractivity contribution in [1.82, 2.24) is 0 Å². The SMILES string of the molecule is O=[As](O)(O)S.[As]. The van der Waals surface area contributed by atoms with Gasteiger partial charge in [-0.25, -0.2) is 0 Å². The van der Waals surface area contributed by atoms with Gasteiger partial charge in [0.1, 0.15) is 0 Å². The summed E-state index contributed by atoms with van der Waals surface area (Å²) in [5, 5.41) is 0. The molecule has 6 heteroatoms. The van der Waals surface area contributed by atoms with E-state index in [0.717, 1.165) is 0 Å². The molecule has 0 aliphatic carbocycles. The van der Waals surface area contributed by atoms with Gasteiger partial charge in [0, 0.05) is 18.0 Å². The molecule has 0 saturated carbocycles. The standard InChI is InChI=1S/AsH3O3S.As/c2-1(3,4)5;/h(H3,2,3,4,5);. The zero-order chi connectivity index (χ0) is 4.50. The van der Waals surface area contributed by atoms with Gasteiger partial charge in [-0.15, -0.1) is 0 Å². The topological polar surface area (TPSA) is 57.5 Å². The van der Waals surface area contributed by atoms with Crippen LogP contribution in [0.15, 0.2) is 0 Å². The maximum Gasteiger partial charge on any atom is 0 e. The molecule has 0 bridgehead atoms. The average molecular weight is 233 g/mol. The molecule has 0 spiro atoms. The Morgan fingerprint density at radius 3 is 1.50 bits per heavy atom. The van der Waals surface area contributed by atoms with Crippen molar-refractivity contribution in [3.05, 3.63) is 0 Å². The third kappa shape index (κ3) is 64.5. The average Bonchev–Trinajstić information content (AvgIpc) is 0.722. The number of thiol groups is 1. The van der Waals surface area contributed by atoms with E-state index >= 15 is 0 Å². The van der Waals surface area contributed by atoms with Crippen LogP contribution in [0.4, 0.5) is 0 Å². The molecule has 3 nitrogen and oxygen atoms in total. The first kappa shape index (κ1) is 10.2. The fraction of sp³-hybridized carbons (Fsp3) is 0. The number of rotatable bonds is 0. The van der Waals surface area contributed by atoms with Crippen molar-refractivity contribution in [1.29, 1.82) is 0 Å². The Morgan fingerprint density at radius 1 is 1.50 bits per heavy atom. The summed E-state index contributed by atoms with van der Waals surface area (Å²) in [5.74, 6) is 0. The van der Waals surface area contributed by atoms with Gasteiger partial charge in [0.25, 0.3) is 0 Å². The van der Waals surface area contributed by atoms with E-state index < -0.39 is 13.0 Å². The van der Waals surface area contributed by atoms with Gasteiger partial charge < -0.3 is 0 Å². The quantitative estimate of drug-likeness (QED) is 0.348. The molecule has 37 valence electrons.